The van der Waals surface area contributed by atoms with Crippen LogP contribution in [0.3, 0.4) is 0 Å². The van der Waals surface area contributed by atoms with Crippen molar-refractivity contribution in [3.63, 3.8) is 0 Å². The van der Waals surface area contributed by atoms with Gasteiger partial charge in [-0.3, -0.25) is 4.31 Å². The summed E-state index contributed by atoms with van der Waals surface area (Å²) in [5.74, 6) is -0.157. The zero-order valence-electron chi connectivity index (χ0n) is 16.4. The van der Waals surface area contributed by atoms with E-state index in [4.69, 9.17) is 4.74 Å². The Morgan fingerprint density at radius 2 is 1.90 bits per heavy atom. The molecule has 2 aliphatic heterocycles. The monoisotopic (exact) mass is 466 g/mol. The topological polar surface area (TPSA) is 118 Å². The van der Waals surface area contributed by atoms with Crippen molar-refractivity contribution in [2.75, 3.05) is 41.8 Å². The summed E-state index contributed by atoms with van der Waals surface area (Å²) in [6.45, 7) is 2.23. The molecular weight excluding hydrogens is 440 g/mol. The van der Waals surface area contributed by atoms with Crippen LogP contribution in [0.2, 0.25) is 0 Å². The molecule has 12 heteroatoms. The molecule has 0 N–H and O–H groups in total. The fourth-order valence-corrected chi connectivity index (χ4v) is 8.65. The van der Waals surface area contributed by atoms with Crippen molar-refractivity contribution in [1.82, 2.24) is 4.31 Å². The van der Waals surface area contributed by atoms with E-state index in [1.165, 1.54) is 29.6 Å². The number of hydrogen-bond acceptors (Lipinski definition) is 7. The van der Waals surface area contributed by atoms with Crippen LogP contribution in [-0.2, 0) is 29.9 Å². The van der Waals surface area contributed by atoms with Crippen LogP contribution >= 0.6 is 0 Å². The molecule has 0 saturated carbocycles. The van der Waals surface area contributed by atoms with Crippen LogP contribution in [0.25, 0.3) is 0 Å². The van der Waals surface area contributed by atoms with Gasteiger partial charge in [0.25, 0.3) is 0 Å². The van der Waals surface area contributed by atoms with Crippen molar-refractivity contribution in [3.05, 3.63) is 18.2 Å². The maximum Gasteiger partial charge on any atom is 0.246 e. The number of sulfonamides is 2. The second kappa shape index (κ2) is 8.05. The molecule has 1 aromatic rings. The molecule has 2 saturated heterocycles. The smallest absolute Gasteiger partial charge is 0.246 e. The van der Waals surface area contributed by atoms with Gasteiger partial charge in [0.2, 0.25) is 20.0 Å². The van der Waals surface area contributed by atoms with Crippen molar-refractivity contribution in [1.29, 1.82) is 0 Å². The summed E-state index contributed by atoms with van der Waals surface area (Å²) in [6, 6.07) is 3.63. The molecule has 1 aromatic carbocycles. The maximum atomic E-state index is 13.3. The van der Waals surface area contributed by atoms with E-state index in [0.29, 0.717) is 12.8 Å². The van der Waals surface area contributed by atoms with Crippen molar-refractivity contribution in [3.8, 4) is 5.75 Å². The summed E-state index contributed by atoms with van der Waals surface area (Å²) >= 11 is 0. The average molecular weight is 467 g/mol. The first-order valence-corrected chi connectivity index (χ1v) is 14.3. The minimum Gasteiger partial charge on any atom is -0.492 e. The van der Waals surface area contributed by atoms with Gasteiger partial charge in [0.1, 0.15) is 10.6 Å². The largest absolute Gasteiger partial charge is 0.492 e. The Balaban J connectivity index is 2.03. The van der Waals surface area contributed by atoms with E-state index in [-0.39, 0.29) is 53.2 Å². The van der Waals surface area contributed by atoms with Crippen molar-refractivity contribution >= 4 is 35.6 Å². The summed E-state index contributed by atoms with van der Waals surface area (Å²) in [5, 5.41) is 0. The highest BCUT2D eigenvalue weighted by Gasteiger charge is 2.38. The van der Waals surface area contributed by atoms with E-state index < -0.39 is 35.9 Å². The minimum absolute atomic E-state index is 0.0160. The van der Waals surface area contributed by atoms with Crippen molar-refractivity contribution in [2.24, 2.45) is 0 Å². The molecule has 0 bridgehead atoms. The first-order chi connectivity index (χ1) is 13.5. The van der Waals surface area contributed by atoms with Crippen LogP contribution in [0.5, 0.6) is 5.75 Å². The molecule has 9 nitrogen and oxygen atoms in total. The number of sulfone groups is 1. The lowest BCUT2D eigenvalue weighted by atomic mass is 10.2. The highest BCUT2D eigenvalue weighted by Crippen LogP contribution is 2.34. The summed E-state index contributed by atoms with van der Waals surface area (Å²) < 4.78 is 82.8. The Kier molecular flexibility index (Phi) is 6.19. The highest BCUT2D eigenvalue weighted by molar-refractivity contribution is 7.93. The maximum absolute atomic E-state index is 13.3. The number of ether oxygens (including phenoxy) is 1. The lowest BCUT2D eigenvalue weighted by molar-refractivity contribution is 0.328. The number of hydrogen-bond donors (Lipinski definition) is 0. The van der Waals surface area contributed by atoms with Gasteiger partial charge in [-0.2, -0.15) is 4.31 Å². The van der Waals surface area contributed by atoms with E-state index in [1.807, 2.05) is 0 Å². The SMILES string of the molecule is CCOc1ccc(N2CCCCS2(=O)=O)cc1S(=O)(=O)N(C)C1CCS(=O)(=O)C1. The van der Waals surface area contributed by atoms with E-state index in [9.17, 15) is 25.3 Å². The van der Waals surface area contributed by atoms with Crippen LogP contribution in [0, 0.1) is 0 Å². The number of benzene rings is 1. The Bertz CT molecular complexity index is 1080. The zero-order valence-corrected chi connectivity index (χ0v) is 18.9. The van der Waals surface area contributed by atoms with E-state index >= 15 is 0 Å². The van der Waals surface area contributed by atoms with Gasteiger partial charge in [-0.25, -0.2) is 25.3 Å². The molecule has 29 heavy (non-hydrogen) atoms. The number of rotatable bonds is 6. The van der Waals surface area contributed by atoms with Gasteiger partial charge in [0.15, 0.2) is 9.84 Å². The van der Waals surface area contributed by atoms with E-state index in [0.717, 1.165) is 4.31 Å². The van der Waals surface area contributed by atoms with Crippen LogP contribution in [0.15, 0.2) is 23.1 Å². The van der Waals surface area contributed by atoms with Gasteiger partial charge < -0.3 is 4.74 Å². The first-order valence-electron chi connectivity index (χ1n) is 9.43. The predicted octanol–water partition coefficient (Wildman–Crippen LogP) is 0.823. The summed E-state index contributed by atoms with van der Waals surface area (Å²) in [4.78, 5) is -0.163. The predicted molar refractivity (Wildman–Crippen MR) is 110 cm³/mol. The Hall–Kier alpha value is -1.37. The molecule has 1 unspecified atom stereocenters. The fraction of sp³-hybridized carbons (Fsp3) is 0.647. The second-order valence-corrected chi connectivity index (χ2v) is 13.4. The van der Waals surface area contributed by atoms with Crippen molar-refractivity contribution in [2.45, 2.75) is 37.1 Å². The van der Waals surface area contributed by atoms with E-state index in [2.05, 4.69) is 0 Å². The standard InChI is InChI=1S/C17H26N2O7S3/c1-3-26-16-7-6-14(19-9-4-5-10-28(19,22)23)12-17(16)29(24,25)18(2)15-8-11-27(20,21)13-15/h6-7,12,15H,3-5,8-11,13H2,1-2H3. The van der Waals surface area contributed by atoms with Crippen LogP contribution in [0.4, 0.5) is 5.69 Å². The molecule has 3 rings (SSSR count). The quantitative estimate of drug-likeness (QED) is 0.609. The van der Waals surface area contributed by atoms with Crippen molar-refractivity contribution < 1.29 is 30.0 Å². The minimum atomic E-state index is -4.10. The fourth-order valence-electron chi connectivity index (χ4n) is 3.62. The van der Waals surface area contributed by atoms with Gasteiger partial charge >= 0.3 is 0 Å². The van der Waals surface area contributed by atoms with Gasteiger partial charge in [-0.05, 0) is 44.4 Å². The Labute approximate surface area is 172 Å². The van der Waals surface area contributed by atoms with Crippen LogP contribution in [-0.4, -0.2) is 73.1 Å². The molecular formula is C17H26N2O7S3. The molecule has 0 amide bonds. The molecule has 0 aromatic heterocycles. The van der Waals surface area contributed by atoms with Gasteiger partial charge in [-0.1, -0.05) is 0 Å². The Morgan fingerprint density at radius 1 is 1.17 bits per heavy atom. The second-order valence-electron chi connectivity index (χ2n) is 7.24. The third-order valence-corrected chi connectivity index (χ3v) is 10.8. The number of anilines is 1. The summed E-state index contributed by atoms with van der Waals surface area (Å²) in [7, 11) is -9.53. The molecule has 164 valence electrons. The third kappa shape index (κ3) is 4.54. The lowest BCUT2D eigenvalue weighted by Gasteiger charge is -2.29. The molecule has 2 aliphatic rings. The van der Waals surface area contributed by atoms with E-state index in [1.54, 1.807) is 6.92 Å². The number of nitrogens with zero attached hydrogens (tertiary/aromatic N) is 2. The van der Waals surface area contributed by atoms with Crippen LogP contribution in [0.1, 0.15) is 26.2 Å². The molecule has 2 heterocycles. The average Bonchev–Trinajstić information content (AvgIpc) is 3.01. The molecule has 1 atom stereocenters. The summed E-state index contributed by atoms with van der Waals surface area (Å²) in [6.07, 6.45) is 1.48. The Morgan fingerprint density at radius 3 is 2.48 bits per heavy atom. The molecule has 0 radical (unpaired) electrons. The van der Waals surface area contributed by atoms with Gasteiger partial charge in [-0.15, -0.1) is 0 Å². The normalized spacial score (nSPS) is 24.0. The first kappa shape index (κ1) is 22.3. The highest BCUT2D eigenvalue weighted by atomic mass is 32.2. The molecule has 2 fully saturated rings. The lowest BCUT2D eigenvalue weighted by Crippen LogP contribution is -2.39. The van der Waals surface area contributed by atoms with Gasteiger partial charge in [0.05, 0.1) is 29.6 Å². The molecule has 0 aliphatic carbocycles. The summed E-state index contributed by atoms with van der Waals surface area (Å²) in [5.41, 5.74) is 0.263. The third-order valence-electron chi connectivity index (χ3n) is 5.24. The van der Waals surface area contributed by atoms with Gasteiger partial charge in [0, 0.05) is 19.6 Å². The van der Waals surface area contributed by atoms with Crippen LogP contribution < -0.4 is 9.04 Å². The molecule has 0 spiro atoms. The zero-order chi connectivity index (χ0) is 21.4.